The highest BCUT2D eigenvalue weighted by molar-refractivity contribution is 7.89. The lowest BCUT2D eigenvalue weighted by atomic mass is 10.2. The monoisotopic (exact) mass is 427 g/mol. The largest absolute Gasteiger partial charge is 0.468 e. The molecule has 2 aromatic rings. The van der Waals surface area contributed by atoms with Crippen molar-refractivity contribution in [2.45, 2.75) is 17.9 Å². The van der Waals surface area contributed by atoms with Crippen LogP contribution in [0.2, 0.25) is 0 Å². The summed E-state index contributed by atoms with van der Waals surface area (Å²) in [5.74, 6) is 3.12. The number of hydrogen-bond acceptors (Lipinski definition) is 5. The van der Waals surface area contributed by atoms with Gasteiger partial charge in [0, 0.05) is 45.2 Å². The van der Waals surface area contributed by atoms with E-state index in [-0.39, 0.29) is 17.3 Å². The normalized spacial score (nSPS) is 15.4. The van der Waals surface area contributed by atoms with Gasteiger partial charge in [0.25, 0.3) is 0 Å². The lowest BCUT2D eigenvalue weighted by Crippen LogP contribution is -2.48. The molecule has 1 N–H and O–H groups in total. The van der Waals surface area contributed by atoms with Crippen molar-refractivity contribution in [3.63, 3.8) is 0 Å². The Morgan fingerprint density at radius 1 is 1.17 bits per heavy atom. The highest BCUT2D eigenvalue weighted by atomic mass is 32.2. The fourth-order valence-electron chi connectivity index (χ4n) is 3.11. The number of nitrogens with zero attached hydrogens (tertiary/aromatic N) is 2. The van der Waals surface area contributed by atoms with Crippen LogP contribution in [-0.2, 0) is 21.4 Å². The molecule has 30 heavy (non-hydrogen) atoms. The zero-order chi connectivity index (χ0) is 21.4. The topological polar surface area (TPSA) is 82.9 Å². The predicted molar refractivity (Wildman–Crippen MR) is 115 cm³/mol. The van der Waals surface area contributed by atoms with Gasteiger partial charge in [-0.1, -0.05) is 12.1 Å². The molecule has 8 heteroatoms. The molecule has 1 aliphatic rings. The molecule has 1 fully saturated rings. The van der Waals surface area contributed by atoms with Gasteiger partial charge >= 0.3 is 0 Å². The molecular weight excluding hydrogens is 402 g/mol. The molecule has 0 unspecified atom stereocenters. The Bertz CT molecular complexity index is 998. The number of piperazine rings is 1. The quantitative estimate of drug-likeness (QED) is 0.514. The number of sulfonamides is 1. The van der Waals surface area contributed by atoms with Gasteiger partial charge in [-0.3, -0.25) is 9.69 Å². The van der Waals surface area contributed by atoms with Crippen molar-refractivity contribution >= 4 is 22.0 Å². The summed E-state index contributed by atoms with van der Waals surface area (Å²) < 4.78 is 32.3. The molecule has 7 nitrogen and oxygen atoms in total. The van der Waals surface area contributed by atoms with Gasteiger partial charge in [0.15, 0.2) is 0 Å². The summed E-state index contributed by atoms with van der Waals surface area (Å²) in [7, 11) is -3.64. The van der Waals surface area contributed by atoms with Crippen LogP contribution in [0.4, 0.5) is 0 Å². The maximum absolute atomic E-state index is 12.4. The van der Waals surface area contributed by atoms with E-state index in [9.17, 15) is 13.2 Å². The average Bonchev–Trinajstić information content (AvgIpc) is 3.29. The minimum Gasteiger partial charge on any atom is -0.468 e. The molecule has 0 atom stereocenters. The van der Waals surface area contributed by atoms with Gasteiger partial charge in [0.05, 0.1) is 17.7 Å². The number of rotatable bonds is 8. The molecule has 0 aliphatic carbocycles. The number of furan rings is 1. The molecule has 0 bridgehead atoms. The van der Waals surface area contributed by atoms with E-state index in [0.29, 0.717) is 18.8 Å². The molecule has 0 spiro atoms. The Hall–Kier alpha value is -2.86. The van der Waals surface area contributed by atoms with Gasteiger partial charge in [0.2, 0.25) is 15.9 Å². The Morgan fingerprint density at radius 2 is 1.90 bits per heavy atom. The minimum atomic E-state index is -3.64. The van der Waals surface area contributed by atoms with E-state index in [1.807, 2.05) is 0 Å². The third-order valence-corrected chi connectivity index (χ3v) is 6.30. The van der Waals surface area contributed by atoms with Gasteiger partial charge < -0.3 is 9.32 Å². The maximum Gasteiger partial charge on any atom is 0.246 e. The maximum atomic E-state index is 12.4. The number of amides is 1. The fourth-order valence-corrected chi connectivity index (χ4v) is 4.10. The SMILES string of the molecule is C#CCCN1CCN(C(=O)/C=C/c2ccc(S(=O)(=O)NCc3ccco3)cc2)CC1. The van der Waals surface area contributed by atoms with Crippen LogP contribution >= 0.6 is 0 Å². The number of hydrogen-bond donors (Lipinski definition) is 1. The van der Waals surface area contributed by atoms with Crippen molar-refractivity contribution in [1.29, 1.82) is 0 Å². The van der Waals surface area contributed by atoms with Crippen LogP contribution in [-0.4, -0.2) is 56.8 Å². The summed E-state index contributed by atoms with van der Waals surface area (Å²) >= 11 is 0. The molecule has 0 radical (unpaired) electrons. The smallest absolute Gasteiger partial charge is 0.246 e. The number of nitrogens with one attached hydrogen (secondary N) is 1. The molecule has 1 aromatic carbocycles. The summed E-state index contributed by atoms with van der Waals surface area (Å²) in [6.07, 6.45) is 10.7. The van der Waals surface area contributed by atoms with Crippen LogP contribution in [0.25, 0.3) is 6.08 Å². The lowest BCUT2D eigenvalue weighted by Gasteiger charge is -2.33. The van der Waals surface area contributed by atoms with Crippen molar-refractivity contribution in [3.05, 3.63) is 60.1 Å². The average molecular weight is 428 g/mol. The molecule has 1 amide bonds. The van der Waals surface area contributed by atoms with Gasteiger partial charge in [-0.05, 0) is 35.9 Å². The summed E-state index contributed by atoms with van der Waals surface area (Å²) in [6, 6.07) is 9.76. The Morgan fingerprint density at radius 3 is 2.53 bits per heavy atom. The van der Waals surface area contributed by atoms with Gasteiger partial charge in [-0.15, -0.1) is 12.3 Å². The van der Waals surface area contributed by atoms with Crippen LogP contribution < -0.4 is 4.72 Å². The van der Waals surface area contributed by atoms with Crippen molar-refractivity contribution in [2.24, 2.45) is 0 Å². The second-order valence-electron chi connectivity index (χ2n) is 6.93. The first-order valence-corrected chi connectivity index (χ1v) is 11.2. The van der Waals surface area contributed by atoms with E-state index in [1.165, 1.54) is 24.5 Å². The van der Waals surface area contributed by atoms with Crippen molar-refractivity contribution in [2.75, 3.05) is 32.7 Å². The summed E-state index contributed by atoms with van der Waals surface area (Å²) in [6.45, 7) is 3.93. The zero-order valence-corrected chi connectivity index (χ0v) is 17.5. The molecule has 0 saturated carbocycles. The van der Waals surface area contributed by atoms with E-state index in [4.69, 9.17) is 10.8 Å². The van der Waals surface area contributed by atoms with Crippen molar-refractivity contribution in [1.82, 2.24) is 14.5 Å². The third-order valence-electron chi connectivity index (χ3n) is 4.88. The second kappa shape index (κ2) is 10.3. The van der Waals surface area contributed by atoms with Crippen molar-refractivity contribution < 1.29 is 17.6 Å². The zero-order valence-electron chi connectivity index (χ0n) is 16.7. The van der Waals surface area contributed by atoms with Gasteiger partial charge in [-0.25, -0.2) is 13.1 Å². The van der Waals surface area contributed by atoms with Crippen LogP contribution in [0.3, 0.4) is 0 Å². The number of carbonyl (C=O) groups is 1. The number of benzene rings is 1. The third kappa shape index (κ3) is 6.07. The molecule has 3 rings (SSSR count). The molecule has 1 saturated heterocycles. The van der Waals surface area contributed by atoms with Gasteiger partial charge in [-0.2, -0.15) is 0 Å². The molecule has 1 aliphatic heterocycles. The second-order valence-corrected chi connectivity index (χ2v) is 8.69. The Labute approximate surface area is 177 Å². The summed E-state index contributed by atoms with van der Waals surface area (Å²) in [5, 5.41) is 0. The summed E-state index contributed by atoms with van der Waals surface area (Å²) in [5.41, 5.74) is 0.751. The summed E-state index contributed by atoms with van der Waals surface area (Å²) in [4.78, 5) is 16.6. The van der Waals surface area contributed by atoms with Gasteiger partial charge in [0.1, 0.15) is 5.76 Å². The number of carbonyl (C=O) groups excluding carboxylic acids is 1. The predicted octanol–water partition coefficient (Wildman–Crippen LogP) is 1.94. The first-order valence-electron chi connectivity index (χ1n) is 9.73. The van der Waals surface area contributed by atoms with Crippen LogP contribution in [0.5, 0.6) is 0 Å². The first-order chi connectivity index (χ1) is 14.5. The van der Waals surface area contributed by atoms with Crippen molar-refractivity contribution in [3.8, 4) is 12.3 Å². The Kier molecular flexibility index (Phi) is 7.46. The van der Waals surface area contributed by atoms with Crippen LogP contribution in [0.1, 0.15) is 17.7 Å². The molecule has 1 aromatic heterocycles. The molecule has 2 heterocycles. The van der Waals surface area contributed by atoms with E-state index < -0.39 is 10.0 Å². The lowest BCUT2D eigenvalue weighted by molar-refractivity contribution is -0.127. The van der Waals surface area contributed by atoms with Crippen LogP contribution in [0.15, 0.2) is 58.1 Å². The highest BCUT2D eigenvalue weighted by Crippen LogP contribution is 2.13. The van der Waals surface area contributed by atoms with E-state index in [1.54, 1.807) is 35.2 Å². The van der Waals surface area contributed by atoms with Crippen LogP contribution in [0, 0.1) is 12.3 Å². The fraction of sp³-hybridized carbons (Fsp3) is 0.318. The molecular formula is C22H25N3O4S. The first kappa shape index (κ1) is 21.8. The minimum absolute atomic E-state index is 0.0524. The number of terminal acetylenes is 1. The van der Waals surface area contributed by atoms with E-state index in [0.717, 1.165) is 31.6 Å². The standard InChI is InChI=1S/C22H25N3O4S/c1-2-3-12-24-13-15-25(16-14-24)22(26)11-8-19-6-9-21(10-7-19)30(27,28)23-18-20-5-4-17-29-20/h1,4-11,17,23H,3,12-16,18H2/b11-8+. The van der Waals surface area contributed by atoms with E-state index >= 15 is 0 Å². The highest BCUT2D eigenvalue weighted by Gasteiger charge is 2.19. The molecule has 158 valence electrons. The Balaban J connectivity index is 1.52. The van der Waals surface area contributed by atoms with E-state index in [2.05, 4.69) is 15.5 Å².